The van der Waals surface area contributed by atoms with E-state index in [1.54, 1.807) is 0 Å². The Morgan fingerprint density at radius 3 is 2.72 bits per heavy atom. The summed E-state index contributed by atoms with van der Waals surface area (Å²) in [5, 5.41) is 16.0. The van der Waals surface area contributed by atoms with Crippen molar-refractivity contribution in [2.75, 3.05) is 0 Å². The van der Waals surface area contributed by atoms with E-state index in [0.29, 0.717) is 0 Å². The highest BCUT2D eigenvalue weighted by Crippen LogP contribution is 2.12. The van der Waals surface area contributed by atoms with Crippen LogP contribution < -0.4 is 5.73 Å². The number of hydrogen-bond donors (Lipinski definition) is 2. The van der Waals surface area contributed by atoms with E-state index in [4.69, 9.17) is 10.9 Å². The molecule has 3 N–H and O–H groups in total. The fraction of sp³-hybridized carbons (Fsp3) is 0.231. The monoisotopic (exact) mass is 244 g/mol. The number of hydrogen-bond acceptors (Lipinski definition) is 3. The molecule has 0 atom stereocenters. The zero-order valence-electron chi connectivity index (χ0n) is 10.5. The molecule has 0 spiro atoms. The maximum atomic E-state index is 8.64. The van der Waals surface area contributed by atoms with Crippen molar-refractivity contribution in [2.45, 2.75) is 20.4 Å². The van der Waals surface area contributed by atoms with Gasteiger partial charge >= 0.3 is 0 Å². The van der Waals surface area contributed by atoms with Crippen LogP contribution in [0.2, 0.25) is 0 Å². The summed E-state index contributed by atoms with van der Waals surface area (Å²) in [6.45, 7) is 4.68. The van der Waals surface area contributed by atoms with Gasteiger partial charge in [-0.2, -0.15) is 5.10 Å². The number of aryl methyl sites for hydroxylation is 2. The third kappa shape index (κ3) is 2.51. The summed E-state index contributed by atoms with van der Waals surface area (Å²) in [6, 6.07) is 7.69. The van der Waals surface area contributed by atoms with Crippen molar-refractivity contribution >= 4 is 5.84 Å². The van der Waals surface area contributed by atoms with E-state index < -0.39 is 0 Å². The molecule has 94 valence electrons. The van der Waals surface area contributed by atoms with Crippen LogP contribution in [0, 0.1) is 13.8 Å². The molecule has 18 heavy (non-hydrogen) atoms. The molecule has 1 aromatic heterocycles. The minimum absolute atomic E-state index is 0.125. The van der Waals surface area contributed by atoms with Gasteiger partial charge in [0.15, 0.2) is 5.84 Å². The van der Waals surface area contributed by atoms with Crippen LogP contribution in [0.15, 0.2) is 35.6 Å². The molecule has 1 heterocycles. The molecule has 0 bridgehead atoms. The van der Waals surface area contributed by atoms with Gasteiger partial charge in [0.25, 0.3) is 0 Å². The Bertz CT molecular complexity index is 586. The van der Waals surface area contributed by atoms with E-state index in [2.05, 4.69) is 10.3 Å². The van der Waals surface area contributed by atoms with Gasteiger partial charge in [0, 0.05) is 11.8 Å². The quantitative estimate of drug-likeness (QED) is 0.373. The van der Waals surface area contributed by atoms with E-state index in [1.165, 1.54) is 0 Å². The van der Waals surface area contributed by atoms with Crippen LogP contribution in [-0.4, -0.2) is 20.8 Å². The summed E-state index contributed by atoms with van der Waals surface area (Å²) in [5.41, 5.74) is 9.52. The molecule has 2 aromatic rings. The van der Waals surface area contributed by atoms with Crippen LogP contribution in [0.1, 0.15) is 22.4 Å². The van der Waals surface area contributed by atoms with Crippen LogP contribution in [0.5, 0.6) is 0 Å². The molecule has 5 heteroatoms. The van der Waals surface area contributed by atoms with E-state index in [9.17, 15) is 0 Å². The van der Waals surface area contributed by atoms with Crippen LogP contribution in [0.4, 0.5) is 0 Å². The molecule has 5 nitrogen and oxygen atoms in total. The lowest BCUT2D eigenvalue weighted by Gasteiger charge is -2.08. The first-order chi connectivity index (χ1) is 8.60. The van der Waals surface area contributed by atoms with Gasteiger partial charge in [-0.05, 0) is 37.1 Å². The van der Waals surface area contributed by atoms with Gasteiger partial charge in [0.2, 0.25) is 0 Å². The van der Waals surface area contributed by atoms with Crippen molar-refractivity contribution < 1.29 is 5.21 Å². The van der Waals surface area contributed by atoms with E-state index in [1.807, 2.05) is 49.0 Å². The van der Waals surface area contributed by atoms with Gasteiger partial charge in [0.05, 0.1) is 12.2 Å². The zero-order chi connectivity index (χ0) is 13.1. The Kier molecular flexibility index (Phi) is 3.32. The first kappa shape index (κ1) is 12.2. The highest BCUT2D eigenvalue weighted by atomic mass is 16.4. The topological polar surface area (TPSA) is 76.4 Å². The highest BCUT2D eigenvalue weighted by Gasteiger charge is 2.04. The van der Waals surface area contributed by atoms with Crippen molar-refractivity contribution in [2.24, 2.45) is 10.9 Å². The SMILES string of the molecule is Cc1ccn(Cc2ccc(/C(N)=N/O)cc2C)n1. The minimum Gasteiger partial charge on any atom is -0.409 e. The molecular formula is C13H16N4O. The average molecular weight is 244 g/mol. The van der Waals surface area contributed by atoms with Crippen molar-refractivity contribution in [1.29, 1.82) is 0 Å². The molecule has 0 aliphatic carbocycles. The molecule has 0 aliphatic rings. The second-order valence-electron chi connectivity index (χ2n) is 4.28. The predicted octanol–water partition coefficient (Wildman–Crippen LogP) is 1.64. The molecule has 0 unspecified atom stereocenters. The molecule has 0 fully saturated rings. The minimum atomic E-state index is 0.125. The number of aromatic nitrogens is 2. The van der Waals surface area contributed by atoms with Crippen LogP contribution in [-0.2, 0) is 6.54 Å². The van der Waals surface area contributed by atoms with E-state index >= 15 is 0 Å². The molecule has 0 radical (unpaired) electrons. The largest absolute Gasteiger partial charge is 0.409 e. The molecular weight excluding hydrogens is 228 g/mol. The Hall–Kier alpha value is -2.30. The summed E-state index contributed by atoms with van der Waals surface area (Å²) in [7, 11) is 0. The van der Waals surface area contributed by atoms with Crippen LogP contribution in [0.3, 0.4) is 0 Å². The Morgan fingerprint density at radius 2 is 2.17 bits per heavy atom. The van der Waals surface area contributed by atoms with E-state index in [0.717, 1.165) is 28.9 Å². The fourth-order valence-electron chi connectivity index (χ4n) is 1.82. The molecule has 0 saturated heterocycles. The summed E-state index contributed by atoms with van der Waals surface area (Å²) < 4.78 is 1.89. The normalized spacial score (nSPS) is 11.8. The second-order valence-corrected chi connectivity index (χ2v) is 4.28. The number of benzene rings is 1. The van der Waals surface area contributed by atoms with Crippen LogP contribution in [0.25, 0.3) is 0 Å². The molecule has 2 rings (SSSR count). The second kappa shape index (κ2) is 4.91. The van der Waals surface area contributed by atoms with Crippen molar-refractivity contribution in [3.63, 3.8) is 0 Å². The lowest BCUT2D eigenvalue weighted by Crippen LogP contribution is -2.13. The maximum Gasteiger partial charge on any atom is 0.170 e. The molecule has 1 aromatic carbocycles. The number of rotatable bonds is 3. The standard InChI is InChI=1S/C13H16N4O/c1-9-7-11(13(14)16-18)3-4-12(9)8-17-6-5-10(2)15-17/h3-7,18H,8H2,1-2H3,(H2,14,16). The van der Waals surface area contributed by atoms with Gasteiger partial charge in [-0.1, -0.05) is 17.3 Å². The third-order valence-corrected chi connectivity index (χ3v) is 2.85. The maximum absolute atomic E-state index is 8.64. The number of oxime groups is 1. The lowest BCUT2D eigenvalue weighted by atomic mass is 10.0. The summed E-state index contributed by atoms with van der Waals surface area (Å²) in [4.78, 5) is 0. The summed E-state index contributed by atoms with van der Waals surface area (Å²) in [6.07, 6.45) is 1.95. The van der Waals surface area contributed by atoms with E-state index in [-0.39, 0.29) is 5.84 Å². The average Bonchev–Trinajstić information content (AvgIpc) is 2.76. The Labute approximate surface area is 106 Å². The smallest absolute Gasteiger partial charge is 0.170 e. The third-order valence-electron chi connectivity index (χ3n) is 2.85. The molecule has 0 aliphatic heterocycles. The zero-order valence-corrected chi connectivity index (χ0v) is 10.5. The van der Waals surface area contributed by atoms with Gasteiger partial charge < -0.3 is 10.9 Å². The first-order valence-electron chi connectivity index (χ1n) is 5.67. The first-order valence-corrected chi connectivity index (χ1v) is 5.67. The van der Waals surface area contributed by atoms with Crippen LogP contribution >= 0.6 is 0 Å². The van der Waals surface area contributed by atoms with Gasteiger partial charge in [-0.3, -0.25) is 4.68 Å². The summed E-state index contributed by atoms with van der Waals surface area (Å²) >= 11 is 0. The number of amidine groups is 1. The fourth-order valence-corrected chi connectivity index (χ4v) is 1.82. The molecule has 0 amide bonds. The predicted molar refractivity (Wildman–Crippen MR) is 69.8 cm³/mol. The van der Waals surface area contributed by atoms with Crippen molar-refractivity contribution in [3.05, 3.63) is 52.8 Å². The number of nitrogens with two attached hydrogens (primary N) is 1. The van der Waals surface area contributed by atoms with Gasteiger partial charge in [-0.25, -0.2) is 0 Å². The highest BCUT2D eigenvalue weighted by molar-refractivity contribution is 5.97. The van der Waals surface area contributed by atoms with Gasteiger partial charge in [-0.15, -0.1) is 0 Å². The summed E-state index contributed by atoms with van der Waals surface area (Å²) in [5.74, 6) is 0.125. The molecule has 0 saturated carbocycles. The van der Waals surface area contributed by atoms with Crippen molar-refractivity contribution in [1.82, 2.24) is 9.78 Å². The van der Waals surface area contributed by atoms with Crippen molar-refractivity contribution in [3.8, 4) is 0 Å². The Morgan fingerprint density at radius 1 is 1.39 bits per heavy atom. The lowest BCUT2D eigenvalue weighted by molar-refractivity contribution is 0.318. The Balaban J connectivity index is 2.25. The van der Waals surface area contributed by atoms with Gasteiger partial charge in [0.1, 0.15) is 0 Å². The number of nitrogens with zero attached hydrogens (tertiary/aromatic N) is 3.